The van der Waals surface area contributed by atoms with Gasteiger partial charge in [-0.2, -0.15) is 5.10 Å². The van der Waals surface area contributed by atoms with Crippen LogP contribution in [0.15, 0.2) is 77.7 Å². The number of ketones is 1. The Bertz CT molecular complexity index is 1670. The molecule has 36 heavy (non-hydrogen) atoms. The molecule has 180 valence electrons. The van der Waals surface area contributed by atoms with Gasteiger partial charge in [-0.05, 0) is 56.7 Å². The second-order valence-corrected chi connectivity index (χ2v) is 8.97. The van der Waals surface area contributed by atoms with E-state index in [1.165, 1.54) is 4.40 Å². The van der Waals surface area contributed by atoms with Crippen molar-refractivity contribution in [2.45, 2.75) is 20.8 Å². The quantitative estimate of drug-likeness (QED) is 0.293. The van der Waals surface area contributed by atoms with Crippen molar-refractivity contribution in [2.24, 2.45) is 0 Å². The first-order valence-corrected chi connectivity index (χ1v) is 11.8. The molecule has 0 aliphatic carbocycles. The van der Waals surface area contributed by atoms with Crippen LogP contribution in [0.2, 0.25) is 5.02 Å². The summed E-state index contributed by atoms with van der Waals surface area (Å²) in [4.78, 5) is 30.7. The van der Waals surface area contributed by atoms with Crippen molar-refractivity contribution in [1.29, 1.82) is 0 Å². The highest BCUT2D eigenvalue weighted by Gasteiger charge is 2.19. The van der Waals surface area contributed by atoms with Crippen LogP contribution in [0.3, 0.4) is 0 Å². The monoisotopic (exact) mass is 498 g/mol. The number of hydrogen-bond donors (Lipinski definition) is 0. The van der Waals surface area contributed by atoms with E-state index in [1.54, 1.807) is 54.2 Å². The summed E-state index contributed by atoms with van der Waals surface area (Å²) >= 11 is 6.22. The smallest absolute Gasteiger partial charge is 0.267 e. The molecule has 8 heteroatoms. The number of hydrogen-bond acceptors (Lipinski definition) is 5. The third-order valence-electron chi connectivity index (χ3n) is 6.00. The van der Waals surface area contributed by atoms with E-state index in [-0.39, 0.29) is 17.9 Å². The highest BCUT2D eigenvalue weighted by atomic mass is 35.5. The van der Waals surface area contributed by atoms with Crippen LogP contribution in [0.4, 0.5) is 0 Å². The number of ether oxygens (including phenoxy) is 1. The molecular weight excluding hydrogens is 476 g/mol. The second kappa shape index (κ2) is 9.43. The summed E-state index contributed by atoms with van der Waals surface area (Å²) in [5, 5.41) is 5.33. The summed E-state index contributed by atoms with van der Waals surface area (Å²) in [6.45, 7) is 5.51. The lowest BCUT2D eigenvalue weighted by atomic mass is 10.1. The van der Waals surface area contributed by atoms with Gasteiger partial charge >= 0.3 is 0 Å². The fourth-order valence-electron chi connectivity index (χ4n) is 4.15. The number of carbonyl (C=O) groups is 1. The molecule has 5 aromatic rings. The molecule has 3 aromatic heterocycles. The SMILES string of the molecule is Cc1ccc(Cl)cc1-n1nc(-c2c(C)nc3c(OCC(=O)c4ccccc4)cccn3c2=O)cc1C. The molecule has 0 amide bonds. The first-order valence-electron chi connectivity index (χ1n) is 11.4. The average molecular weight is 499 g/mol. The van der Waals surface area contributed by atoms with E-state index < -0.39 is 0 Å². The Morgan fingerprint density at radius 1 is 1.00 bits per heavy atom. The minimum Gasteiger partial charge on any atom is -0.482 e. The van der Waals surface area contributed by atoms with Gasteiger partial charge in [0.15, 0.2) is 23.8 Å². The molecule has 0 unspecified atom stereocenters. The van der Waals surface area contributed by atoms with Crippen LogP contribution in [-0.2, 0) is 0 Å². The molecule has 0 N–H and O–H groups in total. The van der Waals surface area contributed by atoms with E-state index in [9.17, 15) is 9.59 Å². The van der Waals surface area contributed by atoms with Crippen molar-refractivity contribution in [3.8, 4) is 22.7 Å². The molecule has 0 bridgehead atoms. The van der Waals surface area contributed by atoms with Crippen molar-refractivity contribution in [3.63, 3.8) is 0 Å². The first-order chi connectivity index (χ1) is 17.3. The number of carbonyl (C=O) groups excluding carboxylic acids is 1. The van der Waals surface area contributed by atoms with Gasteiger partial charge in [0.25, 0.3) is 5.56 Å². The molecule has 0 fully saturated rings. The highest BCUT2D eigenvalue weighted by Crippen LogP contribution is 2.26. The van der Waals surface area contributed by atoms with Crippen molar-refractivity contribution in [3.05, 3.63) is 111 Å². The molecule has 0 aliphatic heterocycles. The molecule has 2 aromatic carbocycles. The zero-order valence-electron chi connectivity index (χ0n) is 20.0. The molecule has 5 rings (SSSR count). The van der Waals surface area contributed by atoms with Gasteiger partial charge < -0.3 is 4.74 Å². The number of pyridine rings is 1. The molecule has 0 aliphatic rings. The Hall–Kier alpha value is -4.23. The van der Waals surface area contributed by atoms with Crippen LogP contribution in [-0.4, -0.2) is 31.6 Å². The second-order valence-electron chi connectivity index (χ2n) is 8.53. The van der Waals surface area contributed by atoms with Crippen molar-refractivity contribution < 1.29 is 9.53 Å². The number of aromatic nitrogens is 4. The largest absolute Gasteiger partial charge is 0.482 e. The van der Waals surface area contributed by atoms with Crippen LogP contribution in [0.25, 0.3) is 22.6 Å². The molecule has 0 saturated carbocycles. The number of benzene rings is 2. The molecule has 7 nitrogen and oxygen atoms in total. The van der Waals surface area contributed by atoms with Crippen LogP contribution in [0, 0.1) is 20.8 Å². The topological polar surface area (TPSA) is 78.5 Å². The Balaban J connectivity index is 1.53. The van der Waals surface area contributed by atoms with E-state index >= 15 is 0 Å². The van der Waals surface area contributed by atoms with Crippen molar-refractivity contribution >= 4 is 23.0 Å². The maximum Gasteiger partial charge on any atom is 0.267 e. The number of rotatable bonds is 6. The zero-order chi connectivity index (χ0) is 25.4. The van der Waals surface area contributed by atoms with E-state index in [1.807, 2.05) is 44.2 Å². The molecule has 0 atom stereocenters. The summed E-state index contributed by atoms with van der Waals surface area (Å²) < 4.78 is 8.99. The molecule has 0 radical (unpaired) electrons. The van der Waals surface area contributed by atoms with Crippen LogP contribution in [0.1, 0.15) is 27.3 Å². The summed E-state index contributed by atoms with van der Waals surface area (Å²) in [5.41, 5.74) is 4.76. The number of halogens is 1. The maximum absolute atomic E-state index is 13.6. The van der Waals surface area contributed by atoms with Gasteiger partial charge in [-0.1, -0.05) is 48.0 Å². The van der Waals surface area contributed by atoms with Gasteiger partial charge in [0.2, 0.25) is 0 Å². The number of fused-ring (bicyclic) bond motifs is 1. The van der Waals surface area contributed by atoms with Crippen LogP contribution < -0.4 is 10.3 Å². The Morgan fingerprint density at radius 2 is 1.78 bits per heavy atom. The first kappa shape index (κ1) is 23.5. The van der Waals surface area contributed by atoms with E-state index in [0.717, 1.165) is 16.9 Å². The van der Waals surface area contributed by atoms with Gasteiger partial charge in [-0.15, -0.1) is 0 Å². The molecule has 3 heterocycles. The minimum atomic E-state index is -0.273. The standard InChI is InChI=1S/C28H23ClN4O3/c1-17-11-12-21(29)15-23(17)33-18(2)14-22(31-33)26-19(3)30-27-25(10-7-13-32(27)28(26)35)36-16-24(34)20-8-5-4-6-9-20/h4-15H,16H2,1-3H3. The van der Waals surface area contributed by atoms with Gasteiger partial charge in [0.05, 0.1) is 16.9 Å². The molecule has 0 saturated heterocycles. The highest BCUT2D eigenvalue weighted by molar-refractivity contribution is 6.30. The summed E-state index contributed by atoms with van der Waals surface area (Å²) in [6, 6.07) is 19.8. The molecule has 0 spiro atoms. The third kappa shape index (κ3) is 4.29. The predicted octanol–water partition coefficient (Wildman–Crippen LogP) is 5.39. The van der Waals surface area contributed by atoms with E-state index in [2.05, 4.69) is 4.98 Å². The van der Waals surface area contributed by atoms with Gasteiger partial charge in [0, 0.05) is 22.5 Å². The number of aryl methyl sites for hydroxylation is 3. The minimum absolute atomic E-state index is 0.161. The van der Waals surface area contributed by atoms with E-state index in [0.29, 0.717) is 38.9 Å². The fraction of sp³-hybridized carbons (Fsp3) is 0.143. The van der Waals surface area contributed by atoms with Gasteiger partial charge in [0.1, 0.15) is 5.69 Å². The normalized spacial score (nSPS) is 11.1. The third-order valence-corrected chi connectivity index (χ3v) is 6.23. The lowest BCUT2D eigenvalue weighted by Gasteiger charge is -2.11. The van der Waals surface area contributed by atoms with Crippen LogP contribution in [0.5, 0.6) is 5.75 Å². The molecular formula is C28H23ClN4O3. The lowest BCUT2D eigenvalue weighted by Crippen LogP contribution is -2.20. The number of nitrogens with zero attached hydrogens (tertiary/aromatic N) is 4. The van der Waals surface area contributed by atoms with Crippen molar-refractivity contribution in [1.82, 2.24) is 19.2 Å². The fourth-order valence-corrected chi connectivity index (χ4v) is 4.32. The Kier molecular flexibility index (Phi) is 6.16. The predicted molar refractivity (Wildman–Crippen MR) is 140 cm³/mol. The summed E-state index contributed by atoms with van der Waals surface area (Å²) in [5.74, 6) is 0.190. The zero-order valence-corrected chi connectivity index (χ0v) is 20.8. The van der Waals surface area contributed by atoms with Crippen LogP contribution >= 0.6 is 11.6 Å². The summed E-state index contributed by atoms with van der Waals surface area (Å²) in [7, 11) is 0. The average Bonchev–Trinajstić information content (AvgIpc) is 3.25. The van der Waals surface area contributed by atoms with Crippen molar-refractivity contribution in [2.75, 3.05) is 6.61 Å². The number of Topliss-reactive ketones (excluding diaryl/α,β-unsaturated/α-hetero) is 1. The summed E-state index contributed by atoms with van der Waals surface area (Å²) in [6.07, 6.45) is 1.63. The Morgan fingerprint density at radius 3 is 2.56 bits per heavy atom. The van der Waals surface area contributed by atoms with Gasteiger partial charge in [-0.25, -0.2) is 9.67 Å². The Labute approximate surface area is 212 Å². The maximum atomic E-state index is 13.6. The van der Waals surface area contributed by atoms with Gasteiger partial charge in [-0.3, -0.25) is 14.0 Å². The lowest BCUT2D eigenvalue weighted by molar-refractivity contribution is 0.0922. The van der Waals surface area contributed by atoms with E-state index in [4.69, 9.17) is 21.4 Å².